The topological polar surface area (TPSA) is 95.9 Å². The van der Waals surface area contributed by atoms with Crippen molar-refractivity contribution in [2.45, 2.75) is 6.92 Å². The van der Waals surface area contributed by atoms with Gasteiger partial charge in [0.15, 0.2) is 5.82 Å². The minimum Gasteiger partial charge on any atom is -0.265 e. The van der Waals surface area contributed by atoms with Crippen LogP contribution in [0, 0.1) is 6.92 Å². The maximum atomic E-state index is 10.9. The van der Waals surface area contributed by atoms with Crippen molar-refractivity contribution in [1.82, 2.24) is 20.2 Å². The molecule has 0 amide bonds. The van der Waals surface area contributed by atoms with E-state index in [0.29, 0.717) is 11.5 Å². The summed E-state index contributed by atoms with van der Waals surface area (Å²) < 4.78 is 0. The number of aromatic amines is 1. The van der Waals surface area contributed by atoms with E-state index in [1.54, 1.807) is 25.5 Å². The van der Waals surface area contributed by atoms with E-state index >= 15 is 0 Å². The second kappa shape index (κ2) is 4.97. The molecule has 0 aliphatic rings. The fourth-order valence-electron chi connectivity index (χ4n) is 1.12. The Morgan fingerprint density at radius 3 is 2.94 bits per heavy atom. The lowest BCUT2D eigenvalue weighted by molar-refractivity contribution is 0.879. The number of hydrazone groups is 1. The fraction of sp³-hybridized carbons (Fsp3) is 0.100. The van der Waals surface area contributed by atoms with E-state index in [-0.39, 0.29) is 0 Å². The Bertz CT molecular complexity index is 577. The molecule has 17 heavy (non-hydrogen) atoms. The summed E-state index contributed by atoms with van der Waals surface area (Å²) in [5.74, 6) is 0.332. The van der Waals surface area contributed by atoms with E-state index in [2.05, 4.69) is 30.7 Å². The van der Waals surface area contributed by atoms with Crippen molar-refractivity contribution >= 4 is 12.0 Å². The molecule has 2 N–H and O–H groups in total. The van der Waals surface area contributed by atoms with Gasteiger partial charge in [0.2, 0.25) is 0 Å². The summed E-state index contributed by atoms with van der Waals surface area (Å²) in [5.41, 5.74) is 3.60. The van der Waals surface area contributed by atoms with Gasteiger partial charge in [-0.25, -0.2) is 9.89 Å². The highest BCUT2D eigenvalue weighted by Crippen LogP contribution is 2.02. The third-order valence-corrected chi connectivity index (χ3v) is 1.97. The predicted molar refractivity (Wildman–Crippen MR) is 62.8 cm³/mol. The van der Waals surface area contributed by atoms with Crippen LogP contribution in [0.15, 0.2) is 34.4 Å². The van der Waals surface area contributed by atoms with Crippen LogP contribution >= 0.6 is 0 Å². The molecule has 0 unspecified atom stereocenters. The maximum Gasteiger partial charge on any atom is 0.363 e. The molecule has 0 spiro atoms. The van der Waals surface area contributed by atoms with Crippen LogP contribution in [0.5, 0.6) is 0 Å². The number of H-pyrrole nitrogens is 1. The molecular weight excluding hydrogens is 220 g/mol. The minimum absolute atomic E-state index is 0.332. The first-order chi connectivity index (χ1) is 8.25. The molecule has 0 aliphatic carbocycles. The molecule has 2 aromatic heterocycles. The number of aromatic nitrogens is 4. The van der Waals surface area contributed by atoms with E-state index in [9.17, 15) is 4.79 Å². The zero-order chi connectivity index (χ0) is 12.1. The molecule has 7 heteroatoms. The summed E-state index contributed by atoms with van der Waals surface area (Å²) in [6.07, 6.45) is 4.93. The molecule has 0 saturated carbocycles. The van der Waals surface area contributed by atoms with E-state index in [1.165, 1.54) is 0 Å². The minimum atomic E-state index is -0.516. The van der Waals surface area contributed by atoms with Crippen molar-refractivity contribution in [3.05, 3.63) is 46.3 Å². The van der Waals surface area contributed by atoms with E-state index in [4.69, 9.17) is 0 Å². The second-order valence-corrected chi connectivity index (χ2v) is 3.23. The monoisotopic (exact) mass is 230 g/mol. The summed E-state index contributed by atoms with van der Waals surface area (Å²) in [6, 6.07) is 3.61. The molecule has 2 rings (SSSR count). The van der Waals surface area contributed by atoms with Gasteiger partial charge in [-0.05, 0) is 24.6 Å². The smallest absolute Gasteiger partial charge is 0.265 e. The molecular formula is C10H10N6O. The Morgan fingerprint density at radius 2 is 2.18 bits per heavy atom. The van der Waals surface area contributed by atoms with Crippen LogP contribution in [0.2, 0.25) is 0 Å². The Balaban J connectivity index is 2.10. The average Bonchev–Trinajstić information content (AvgIpc) is 2.35. The number of hydrogen-bond donors (Lipinski definition) is 2. The molecule has 0 radical (unpaired) electrons. The van der Waals surface area contributed by atoms with Gasteiger partial charge >= 0.3 is 5.69 Å². The molecule has 0 aliphatic heterocycles. The maximum absolute atomic E-state index is 10.9. The Morgan fingerprint density at radius 1 is 1.41 bits per heavy atom. The Kier molecular flexibility index (Phi) is 3.20. The number of pyridine rings is 1. The Hall–Kier alpha value is -2.57. The highest BCUT2D eigenvalue weighted by atomic mass is 16.1. The van der Waals surface area contributed by atoms with Crippen molar-refractivity contribution in [3.63, 3.8) is 0 Å². The third kappa shape index (κ3) is 2.94. The normalized spacial score (nSPS) is 10.6. The molecule has 7 nitrogen and oxygen atoms in total. The summed E-state index contributed by atoms with van der Waals surface area (Å²) in [4.78, 5) is 18.5. The van der Waals surface area contributed by atoms with Crippen LogP contribution in [0.3, 0.4) is 0 Å². The average molecular weight is 230 g/mol. The largest absolute Gasteiger partial charge is 0.363 e. The van der Waals surface area contributed by atoms with Crippen molar-refractivity contribution in [2.75, 3.05) is 5.43 Å². The van der Waals surface area contributed by atoms with E-state index < -0.39 is 5.69 Å². The first-order valence-electron chi connectivity index (χ1n) is 4.88. The fourth-order valence-corrected chi connectivity index (χ4v) is 1.12. The van der Waals surface area contributed by atoms with Gasteiger partial charge in [-0.2, -0.15) is 15.2 Å². The van der Waals surface area contributed by atoms with Crippen molar-refractivity contribution in [3.8, 4) is 0 Å². The summed E-state index contributed by atoms with van der Waals surface area (Å²) in [5, 5.41) is 9.94. The lowest BCUT2D eigenvalue weighted by atomic mass is 10.3. The van der Waals surface area contributed by atoms with Crippen LogP contribution in [0.4, 0.5) is 5.82 Å². The number of nitrogens with zero attached hydrogens (tertiary/aromatic N) is 4. The highest BCUT2D eigenvalue weighted by Gasteiger charge is 1.99. The molecule has 2 aromatic rings. The third-order valence-electron chi connectivity index (χ3n) is 1.97. The molecule has 0 fully saturated rings. The first-order valence-corrected chi connectivity index (χ1v) is 4.88. The molecule has 0 aromatic carbocycles. The summed E-state index contributed by atoms with van der Waals surface area (Å²) in [6.45, 7) is 1.72. The van der Waals surface area contributed by atoms with Crippen molar-refractivity contribution in [2.24, 2.45) is 5.10 Å². The van der Waals surface area contributed by atoms with Gasteiger partial charge in [0, 0.05) is 12.4 Å². The van der Waals surface area contributed by atoms with Crippen molar-refractivity contribution < 1.29 is 0 Å². The quantitative estimate of drug-likeness (QED) is 0.584. The lowest BCUT2D eigenvalue weighted by Crippen LogP contribution is -2.15. The molecule has 0 bridgehead atoms. The van der Waals surface area contributed by atoms with Gasteiger partial charge in [0.05, 0.1) is 6.21 Å². The zero-order valence-electron chi connectivity index (χ0n) is 9.08. The Labute approximate surface area is 96.6 Å². The number of nitrogens with one attached hydrogen (secondary N) is 2. The SMILES string of the molecule is Cc1n[nH]c(=O)nc1NN=Cc1ccncc1. The first kappa shape index (κ1) is 10.9. The highest BCUT2D eigenvalue weighted by molar-refractivity contribution is 5.79. The van der Waals surface area contributed by atoms with Gasteiger partial charge in [0.25, 0.3) is 0 Å². The van der Waals surface area contributed by atoms with Gasteiger partial charge in [-0.3, -0.25) is 10.4 Å². The van der Waals surface area contributed by atoms with Crippen LogP contribution in [-0.4, -0.2) is 26.4 Å². The van der Waals surface area contributed by atoms with Gasteiger partial charge in [-0.15, -0.1) is 0 Å². The molecule has 0 saturated heterocycles. The molecule has 2 heterocycles. The van der Waals surface area contributed by atoms with Gasteiger partial charge in [0.1, 0.15) is 5.69 Å². The molecule has 0 atom stereocenters. The standard InChI is InChI=1S/C10H10N6O/c1-7-9(13-10(17)16-14-7)15-12-6-8-2-4-11-5-3-8/h2-6H,1H3,(H2,13,15,16,17). The van der Waals surface area contributed by atoms with Crippen LogP contribution < -0.4 is 11.1 Å². The van der Waals surface area contributed by atoms with E-state index in [0.717, 1.165) is 5.56 Å². The summed E-state index contributed by atoms with van der Waals surface area (Å²) in [7, 11) is 0. The number of anilines is 1. The van der Waals surface area contributed by atoms with Gasteiger partial charge in [-0.1, -0.05) is 0 Å². The van der Waals surface area contributed by atoms with Crippen LogP contribution in [-0.2, 0) is 0 Å². The summed E-state index contributed by atoms with van der Waals surface area (Å²) >= 11 is 0. The molecule has 86 valence electrons. The predicted octanol–water partition coefficient (Wildman–Crippen LogP) is 0.314. The lowest BCUT2D eigenvalue weighted by Gasteiger charge is -2.00. The second-order valence-electron chi connectivity index (χ2n) is 3.23. The number of rotatable bonds is 3. The van der Waals surface area contributed by atoms with Gasteiger partial charge < -0.3 is 0 Å². The van der Waals surface area contributed by atoms with Crippen LogP contribution in [0.1, 0.15) is 11.3 Å². The number of aryl methyl sites for hydroxylation is 1. The number of hydrogen-bond acceptors (Lipinski definition) is 6. The van der Waals surface area contributed by atoms with E-state index in [1.807, 2.05) is 12.1 Å². The van der Waals surface area contributed by atoms with Crippen LogP contribution in [0.25, 0.3) is 0 Å². The zero-order valence-corrected chi connectivity index (χ0v) is 9.08. The van der Waals surface area contributed by atoms with Crippen molar-refractivity contribution in [1.29, 1.82) is 0 Å².